The number of thioether (sulfide) groups is 1. The number of hydrogen-bond acceptors (Lipinski definition) is 6. The highest BCUT2D eigenvalue weighted by Crippen LogP contribution is 2.31. The number of benzene rings is 2. The predicted octanol–water partition coefficient (Wildman–Crippen LogP) is 4.45. The van der Waals surface area contributed by atoms with E-state index >= 15 is 0 Å². The lowest BCUT2D eigenvalue weighted by molar-refractivity contribution is -0.779. The van der Waals surface area contributed by atoms with E-state index in [0.717, 1.165) is 11.8 Å². The Bertz CT molecular complexity index is 1270. The Labute approximate surface area is 204 Å². The van der Waals surface area contributed by atoms with Crippen molar-refractivity contribution < 1.29 is 23.2 Å². The molecule has 1 N–H and O–H groups in total. The van der Waals surface area contributed by atoms with Crippen molar-refractivity contribution in [1.29, 1.82) is 0 Å². The van der Waals surface area contributed by atoms with Crippen LogP contribution in [0.25, 0.3) is 6.08 Å². The van der Waals surface area contributed by atoms with E-state index in [4.69, 9.17) is 16.1 Å². The molecule has 0 aliphatic carbocycles. The minimum Gasteiger partial charge on any atom is -0.288 e. The van der Waals surface area contributed by atoms with Crippen LogP contribution in [-0.2, 0) is 9.59 Å². The summed E-state index contributed by atoms with van der Waals surface area (Å²) in [7, 11) is 0. The first-order chi connectivity index (χ1) is 16.3. The molecule has 0 saturated heterocycles. The maximum atomic E-state index is 14.3. The van der Waals surface area contributed by atoms with Gasteiger partial charge in [0.1, 0.15) is 11.5 Å². The summed E-state index contributed by atoms with van der Waals surface area (Å²) in [5.41, 5.74) is 0.638. The second kappa shape index (κ2) is 10.2. The molecule has 2 aromatic carbocycles. The average molecular weight is 501 g/mol. The number of carbonyl (C=O) groups excluding carboxylic acids is 2. The van der Waals surface area contributed by atoms with Crippen molar-refractivity contribution in [2.75, 3.05) is 16.0 Å². The molecular weight excluding hydrogens is 481 g/mol. The highest BCUT2D eigenvalue weighted by atomic mass is 35.5. The fourth-order valence-corrected chi connectivity index (χ4v) is 4.07. The van der Waals surface area contributed by atoms with Gasteiger partial charge >= 0.3 is 5.88 Å². The Morgan fingerprint density at radius 2 is 2.03 bits per heavy atom. The number of amides is 2. The van der Waals surface area contributed by atoms with Crippen LogP contribution < -0.4 is 14.9 Å². The van der Waals surface area contributed by atoms with E-state index < -0.39 is 11.7 Å². The van der Waals surface area contributed by atoms with Gasteiger partial charge in [-0.1, -0.05) is 47.6 Å². The van der Waals surface area contributed by atoms with Gasteiger partial charge in [-0.15, -0.1) is 0 Å². The standard InChI is InChI=1S/C23H19ClFN5O3S/c1-14(2)29-12-21(33-28-29)27-20(31)13-34-23-26-19(11-16-17(24)9-6-10-18(16)25)22(32)30(23)15-7-4-3-5-8-15/h3-12,14H,13H2,1-2H3/p+1/b19-11-. The van der Waals surface area contributed by atoms with Gasteiger partial charge in [-0.25, -0.2) is 9.38 Å². The minimum absolute atomic E-state index is 0.00645. The zero-order valence-corrected chi connectivity index (χ0v) is 19.8. The van der Waals surface area contributed by atoms with Crippen LogP contribution in [0.4, 0.5) is 16.0 Å². The summed E-state index contributed by atoms with van der Waals surface area (Å²) >= 11 is 7.18. The molecule has 2 heterocycles. The number of para-hydroxylation sites is 1. The molecule has 0 saturated carbocycles. The van der Waals surface area contributed by atoms with E-state index in [1.165, 1.54) is 29.2 Å². The van der Waals surface area contributed by atoms with Crippen LogP contribution in [0, 0.1) is 5.82 Å². The van der Waals surface area contributed by atoms with Crippen molar-refractivity contribution in [1.82, 2.24) is 5.27 Å². The van der Waals surface area contributed by atoms with Crippen LogP contribution in [0.2, 0.25) is 5.02 Å². The Balaban J connectivity index is 1.57. The number of carbonyl (C=O) groups is 2. The molecule has 0 fully saturated rings. The second-order valence-electron chi connectivity index (χ2n) is 7.51. The van der Waals surface area contributed by atoms with Crippen LogP contribution in [0.3, 0.4) is 0 Å². The lowest BCUT2D eigenvalue weighted by Gasteiger charge is -2.17. The molecule has 0 unspecified atom stereocenters. The number of rotatable bonds is 6. The molecule has 0 radical (unpaired) electrons. The van der Waals surface area contributed by atoms with Crippen LogP contribution in [-0.4, -0.2) is 28.0 Å². The van der Waals surface area contributed by atoms with Crippen molar-refractivity contribution in [3.8, 4) is 0 Å². The van der Waals surface area contributed by atoms with Crippen molar-refractivity contribution in [2.45, 2.75) is 19.9 Å². The second-order valence-corrected chi connectivity index (χ2v) is 8.86. The summed E-state index contributed by atoms with van der Waals surface area (Å²) in [4.78, 5) is 31.4. The number of nitrogens with one attached hydrogen (secondary N) is 1. The smallest absolute Gasteiger partial charge is 0.288 e. The highest BCUT2D eigenvalue weighted by molar-refractivity contribution is 8.14. The summed E-state index contributed by atoms with van der Waals surface area (Å²) in [6, 6.07) is 13.2. The summed E-state index contributed by atoms with van der Waals surface area (Å²) in [5, 5.41) is 6.89. The number of amidine groups is 1. The van der Waals surface area contributed by atoms with Crippen molar-refractivity contribution in [3.63, 3.8) is 0 Å². The minimum atomic E-state index is -0.569. The van der Waals surface area contributed by atoms with Gasteiger partial charge in [0.15, 0.2) is 11.2 Å². The molecule has 174 valence electrons. The molecule has 2 amide bonds. The molecule has 0 atom stereocenters. The Morgan fingerprint density at radius 3 is 2.71 bits per heavy atom. The molecule has 8 nitrogen and oxygen atoms in total. The third-order valence-corrected chi connectivity index (χ3v) is 6.00. The third-order valence-electron chi connectivity index (χ3n) is 4.73. The van der Waals surface area contributed by atoms with Gasteiger partial charge < -0.3 is 0 Å². The lowest BCUT2D eigenvalue weighted by Crippen LogP contribution is -2.37. The Kier molecular flexibility index (Phi) is 7.09. The van der Waals surface area contributed by atoms with Gasteiger partial charge in [-0.05, 0) is 48.9 Å². The number of aromatic nitrogens is 2. The van der Waals surface area contributed by atoms with Gasteiger partial charge in [0, 0.05) is 5.56 Å². The molecule has 0 bridgehead atoms. The molecule has 3 aromatic rings. The van der Waals surface area contributed by atoms with Crippen LogP contribution in [0.5, 0.6) is 0 Å². The molecule has 1 aliphatic heterocycles. The van der Waals surface area contributed by atoms with Crippen LogP contribution >= 0.6 is 23.4 Å². The van der Waals surface area contributed by atoms with E-state index in [-0.39, 0.29) is 45.0 Å². The van der Waals surface area contributed by atoms with Crippen molar-refractivity contribution in [2.24, 2.45) is 4.99 Å². The van der Waals surface area contributed by atoms with E-state index in [9.17, 15) is 14.0 Å². The number of halogens is 2. The number of anilines is 2. The third kappa shape index (κ3) is 5.18. The van der Waals surface area contributed by atoms with Gasteiger partial charge in [-0.3, -0.25) is 24.3 Å². The van der Waals surface area contributed by atoms with E-state index in [1.807, 2.05) is 19.9 Å². The maximum Gasteiger partial charge on any atom is 0.302 e. The first kappa shape index (κ1) is 23.7. The van der Waals surface area contributed by atoms with Crippen molar-refractivity contribution in [3.05, 3.63) is 76.8 Å². The van der Waals surface area contributed by atoms with Gasteiger partial charge in [0.2, 0.25) is 11.2 Å². The fraction of sp³-hybridized carbons (Fsp3) is 0.174. The molecule has 34 heavy (non-hydrogen) atoms. The molecule has 11 heteroatoms. The monoisotopic (exact) mass is 500 g/mol. The Morgan fingerprint density at radius 1 is 1.26 bits per heavy atom. The van der Waals surface area contributed by atoms with Crippen LogP contribution in [0.15, 0.2) is 69.9 Å². The lowest BCUT2D eigenvalue weighted by atomic mass is 10.1. The molecular formula is C23H20ClFN5O3S+. The predicted molar refractivity (Wildman–Crippen MR) is 129 cm³/mol. The molecule has 0 spiro atoms. The largest absolute Gasteiger partial charge is 0.302 e. The summed E-state index contributed by atoms with van der Waals surface area (Å²) < 4.78 is 21.0. The Hall–Kier alpha value is -3.50. The zero-order valence-electron chi connectivity index (χ0n) is 18.2. The number of hydrogen-bond donors (Lipinski definition) is 1. The topological polar surface area (TPSA) is 91.7 Å². The molecule has 1 aromatic heterocycles. The number of aliphatic imine (C=N–C) groups is 1. The number of nitrogens with zero attached hydrogens (tertiary/aromatic N) is 4. The van der Waals surface area contributed by atoms with Crippen molar-refractivity contribution >= 4 is 58.0 Å². The van der Waals surface area contributed by atoms with Gasteiger partial charge in [0.05, 0.1) is 16.5 Å². The summed E-state index contributed by atoms with van der Waals surface area (Å²) in [6.07, 6.45) is 2.89. The van der Waals surface area contributed by atoms with E-state index in [1.54, 1.807) is 35.1 Å². The SMILES string of the molecule is CC(C)[n+]1cc(NC(=O)CSC2=N/C(=C\c3c(F)cccc3Cl)C(=O)N2c2ccccc2)on1. The zero-order chi connectivity index (χ0) is 24.2. The summed E-state index contributed by atoms with van der Waals surface area (Å²) in [6.45, 7) is 3.86. The van der Waals surface area contributed by atoms with E-state index in [0.29, 0.717) is 5.69 Å². The molecule has 4 rings (SSSR count). The van der Waals surface area contributed by atoms with Gasteiger partial charge in [0.25, 0.3) is 12.1 Å². The normalized spacial score (nSPS) is 14.7. The maximum absolute atomic E-state index is 14.3. The van der Waals surface area contributed by atoms with Crippen LogP contribution in [0.1, 0.15) is 25.5 Å². The summed E-state index contributed by atoms with van der Waals surface area (Å²) in [5.74, 6) is -1.23. The fourth-order valence-electron chi connectivity index (χ4n) is 3.04. The van der Waals surface area contributed by atoms with Gasteiger partial charge in [-0.2, -0.15) is 0 Å². The average Bonchev–Trinajstić information content (AvgIpc) is 3.40. The first-order valence-electron chi connectivity index (χ1n) is 10.3. The quantitative estimate of drug-likeness (QED) is 0.399. The van der Waals surface area contributed by atoms with E-state index in [2.05, 4.69) is 15.6 Å². The molecule has 1 aliphatic rings. The highest BCUT2D eigenvalue weighted by Gasteiger charge is 2.33. The first-order valence-corrected chi connectivity index (χ1v) is 11.6.